The fourth-order valence-electron chi connectivity index (χ4n) is 1.96. The van der Waals surface area contributed by atoms with E-state index in [1.54, 1.807) is 26.0 Å². The first-order valence-electron chi connectivity index (χ1n) is 6.61. The van der Waals surface area contributed by atoms with E-state index >= 15 is 0 Å². The number of carbonyl (C=O) groups is 2. The second-order valence-corrected chi connectivity index (χ2v) is 4.94. The van der Waals surface area contributed by atoms with Gasteiger partial charge >= 0.3 is 5.97 Å². The van der Waals surface area contributed by atoms with Gasteiger partial charge < -0.3 is 19.9 Å². The van der Waals surface area contributed by atoms with Crippen molar-refractivity contribution in [2.45, 2.75) is 20.3 Å². The first kappa shape index (κ1) is 16.8. The van der Waals surface area contributed by atoms with Gasteiger partial charge in [-0.2, -0.15) is 0 Å². The minimum absolute atomic E-state index is 0.0190. The fraction of sp³-hybridized carbons (Fsp3) is 0.467. The molecule has 1 aromatic rings. The number of aliphatic carboxylic acids is 1. The van der Waals surface area contributed by atoms with Crippen LogP contribution in [0.15, 0.2) is 12.1 Å². The van der Waals surface area contributed by atoms with Crippen LogP contribution >= 0.6 is 0 Å². The zero-order valence-corrected chi connectivity index (χ0v) is 12.7. The van der Waals surface area contributed by atoms with Gasteiger partial charge in [-0.3, -0.25) is 9.59 Å². The maximum absolute atomic E-state index is 12.2. The Kier molecular flexibility index (Phi) is 6.02. The number of ether oxygens (including phenoxy) is 2. The van der Waals surface area contributed by atoms with Crippen molar-refractivity contribution in [3.05, 3.63) is 23.3 Å². The van der Waals surface area contributed by atoms with Gasteiger partial charge in [0.15, 0.2) is 11.5 Å². The van der Waals surface area contributed by atoms with Crippen molar-refractivity contribution in [3.63, 3.8) is 0 Å². The molecular weight excluding hydrogens is 274 g/mol. The number of carboxylic acid groups (broad SMARTS) is 1. The predicted molar refractivity (Wildman–Crippen MR) is 78.0 cm³/mol. The zero-order valence-electron chi connectivity index (χ0n) is 12.7. The number of benzene rings is 1. The average Bonchev–Trinajstić information content (AvgIpc) is 2.43. The van der Waals surface area contributed by atoms with Gasteiger partial charge in [0.25, 0.3) is 5.91 Å². The highest BCUT2D eigenvalue weighted by atomic mass is 16.5. The highest BCUT2D eigenvalue weighted by Gasteiger charge is 2.15. The number of nitrogens with one attached hydrogen (secondary N) is 1. The first-order chi connectivity index (χ1) is 9.88. The maximum atomic E-state index is 12.2. The molecule has 0 aliphatic heterocycles. The van der Waals surface area contributed by atoms with E-state index in [1.807, 2.05) is 0 Å². The molecule has 1 aromatic carbocycles. The highest BCUT2D eigenvalue weighted by Crippen LogP contribution is 2.30. The van der Waals surface area contributed by atoms with Crippen molar-refractivity contribution in [1.29, 1.82) is 0 Å². The second-order valence-electron chi connectivity index (χ2n) is 4.94. The van der Waals surface area contributed by atoms with E-state index in [2.05, 4.69) is 5.32 Å². The molecular formula is C15H21NO5. The van der Waals surface area contributed by atoms with E-state index in [4.69, 9.17) is 14.6 Å². The molecule has 0 spiro atoms. The lowest BCUT2D eigenvalue weighted by Gasteiger charge is -2.14. The maximum Gasteiger partial charge on any atom is 0.303 e. The minimum atomic E-state index is -0.876. The Morgan fingerprint density at radius 2 is 1.81 bits per heavy atom. The van der Waals surface area contributed by atoms with Crippen LogP contribution in [0.3, 0.4) is 0 Å². The number of hydrogen-bond acceptors (Lipinski definition) is 4. The van der Waals surface area contributed by atoms with Gasteiger partial charge in [-0.15, -0.1) is 0 Å². The van der Waals surface area contributed by atoms with Crippen molar-refractivity contribution in [1.82, 2.24) is 5.32 Å². The molecule has 0 fully saturated rings. The van der Waals surface area contributed by atoms with E-state index in [0.29, 0.717) is 23.6 Å². The van der Waals surface area contributed by atoms with E-state index < -0.39 is 5.97 Å². The van der Waals surface area contributed by atoms with Crippen molar-refractivity contribution in [2.75, 3.05) is 20.8 Å². The summed E-state index contributed by atoms with van der Waals surface area (Å²) >= 11 is 0. The van der Waals surface area contributed by atoms with Crippen LogP contribution in [-0.2, 0) is 4.79 Å². The molecule has 0 radical (unpaired) electrons. The molecule has 0 aromatic heterocycles. The summed E-state index contributed by atoms with van der Waals surface area (Å²) in [6, 6.07) is 3.35. The number of carboxylic acids is 1. The van der Waals surface area contributed by atoms with E-state index in [9.17, 15) is 9.59 Å². The highest BCUT2D eigenvalue weighted by molar-refractivity contribution is 5.96. The Labute approximate surface area is 124 Å². The van der Waals surface area contributed by atoms with Crippen LogP contribution in [0.2, 0.25) is 0 Å². The normalized spacial score (nSPS) is 11.6. The van der Waals surface area contributed by atoms with Crippen LogP contribution in [0.5, 0.6) is 11.5 Å². The van der Waals surface area contributed by atoms with Gasteiger partial charge in [0.1, 0.15) is 0 Å². The molecule has 2 N–H and O–H groups in total. The van der Waals surface area contributed by atoms with Crippen molar-refractivity contribution >= 4 is 11.9 Å². The molecule has 0 saturated heterocycles. The van der Waals surface area contributed by atoms with Crippen molar-refractivity contribution in [3.8, 4) is 11.5 Å². The molecule has 0 aliphatic carbocycles. The molecule has 21 heavy (non-hydrogen) atoms. The fourth-order valence-corrected chi connectivity index (χ4v) is 1.96. The largest absolute Gasteiger partial charge is 0.493 e. The van der Waals surface area contributed by atoms with Gasteiger partial charge in [-0.05, 0) is 30.5 Å². The Balaban J connectivity index is 2.80. The summed E-state index contributed by atoms with van der Waals surface area (Å²) < 4.78 is 10.3. The Hall–Kier alpha value is -2.24. The summed E-state index contributed by atoms with van der Waals surface area (Å²) in [7, 11) is 3.04. The van der Waals surface area contributed by atoms with Crippen LogP contribution in [0.4, 0.5) is 0 Å². The molecule has 6 nitrogen and oxygen atoms in total. The number of rotatable bonds is 7. The molecule has 0 saturated carbocycles. The number of carbonyl (C=O) groups excluding carboxylic acids is 1. The van der Waals surface area contributed by atoms with Crippen molar-refractivity contribution < 1.29 is 24.2 Å². The van der Waals surface area contributed by atoms with Gasteiger partial charge in [0.05, 0.1) is 14.2 Å². The molecule has 0 bridgehead atoms. The molecule has 0 heterocycles. The summed E-state index contributed by atoms with van der Waals surface area (Å²) in [5, 5.41) is 11.4. The Morgan fingerprint density at radius 1 is 1.24 bits per heavy atom. The number of methoxy groups -OCH3 is 2. The third-order valence-electron chi connectivity index (χ3n) is 3.11. The summed E-state index contributed by atoms with van der Waals surface area (Å²) in [5.41, 5.74) is 1.24. The smallest absolute Gasteiger partial charge is 0.303 e. The molecule has 1 atom stereocenters. The molecule has 1 unspecified atom stereocenters. The van der Waals surface area contributed by atoms with Crippen LogP contribution in [0.25, 0.3) is 0 Å². The first-order valence-corrected chi connectivity index (χ1v) is 6.61. The van der Waals surface area contributed by atoms with Gasteiger partial charge in [0, 0.05) is 18.5 Å². The third-order valence-corrected chi connectivity index (χ3v) is 3.11. The van der Waals surface area contributed by atoms with Crippen LogP contribution in [0, 0.1) is 12.8 Å². The lowest BCUT2D eigenvalue weighted by Crippen LogP contribution is -2.29. The summed E-state index contributed by atoms with van der Waals surface area (Å²) in [4.78, 5) is 22.8. The molecule has 1 amide bonds. The molecule has 0 aliphatic rings. The quantitative estimate of drug-likeness (QED) is 0.802. The summed E-state index contributed by atoms with van der Waals surface area (Å²) in [6.45, 7) is 3.88. The van der Waals surface area contributed by atoms with Crippen LogP contribution in [-0.4, -0.2) is 37.7 Å². The lowest BCUT2D eigenvalue weighted by atomic mass is 10.1. The lowest BCUT2D eigenvalue weighted by molar-refractivity contribution is -0.137. The van der Waals surface area contributed by atoms with E-state index in [-0.39, 0.29) is 18.2 Å². The standard InChI is InChI=1S/C15H21NO5/c1-9(5-14(17)18)8-16-15(19)11-7-13(21-4)12(20-3)6-10(11)2/h6-7,9H,5,8H2,1-4H3,(H,16,19)(H,17,18). The molecule has 116 valence electrons. The second kappa shape index (κ2) is 7.52. The third kappa shape index (κ3) is 4.66. The Morgan fingerprint density at radius 3 is 2.33 bits per heavy atom. The molecule has 6 heteroatoms. The summed E-state index contributed by atoms with van der Waals surface area (Å²) in [5.74, 6) is -0.228. The van der Waals surface area contributed by atoms with E-state index in [0.717, 1.165) is 5.56 Å². The number of hydrogen-bond donors (Lipinski definition) is 2. The Bertz CT molecular complexity index is 527. The number of amides is 1. The van der Waals surface area contributed by atoms with Crippen LogP contribution in [0.1, 0.15) is 29.3 Å². The topological polar surface area (TPSA) is 84.9 Å². The SMILES string of the molecule is COc1cc(C)c(C(=O)NCC(C)CC(=O)O)cc1OC. The minimum Gasteiger partial charge on any atom is -0.493 e. The van der Waals surface area contributed by atoms with E-state index in [1.165, 1.54) is 14.2 Å². The monoisotopic (exact) mass is 295 g/mol. The summed E-state index contributed by atoms with van der Waals surface area (Å²) in [6.07, 6.45) is 0.0190. The molecule has 1 rings (SSSR count). The zero-order chi connectivity index (χ0) is 16.0. The average molecular weight is 295 g/mol. The van der Waals surface area contributed by atoms with Gasteiger partial charge in [-0.25, -0.2) is 0 Å². The van der Waals surface area contributed by atoms with Gasteiger partial charge in [-0.1, -0.05) is 6.92 Å². The number of aryl methyl sites for hydroxylation is 1. The van der Waals surface area contributed by atoms with Gasteiger partial charge in [0.2, 0.25) is 0 Å². The predicted octanol–water partition coefficient (Wildman–Crippen LogP) is 1.85. The van der Waals surface area contributed by atoms with Crippen LogP contribution < -0.4 is 14.8 Å². The van der Waals surface area contributed by atoms with Crippen molar-refractivity contribution in [2.24, 2.45) is 5.92 Å².